The van der Waals surface area contributed by atoms with Crippen molar-refractivity contribution in [2.75, 3.05) is 0 Å². The van der Waals surface area contributed by atoms with Crippen LogP contribution < -0.4 is 0 Å². The maximum Gasteiger partial charge on any atom is 0.175 e. The Balaban J connectivity index is 0.000000605. The maximum atomic E-state index is 4.90. The molecule has 2 rings (SSSR count). The van der Waals surface area contributed by atoms with Gasteiger partial charge in [0.1, 0.15) is 0 Å². The summed E-state index contributed by atoms with van der Waals surface area (Å²) in [5.74, 6) is 0. The van der Waals surface area contributed by atoms with Gasteiger partial charge in [-0.1, -0.05) is 12.1 Å². The zero-order valence-electron chi connectivity index (χ0n) is 6.03. The third kappa shape index (κ3) is 2.00. The Morgan fingerprint density at radius 2 is 1.33 bits per heavy atom. The summed E-state index contributed by atoms with van der Waals surface area (Å²) in [5.41, 5.74) is 2.13. The molecule has 0 spiro atoms. The molecule has 0 aliphatic rings. The van der Waals surface area contributed by atoms with Crippen LogP contribution in [-0.4, -0.2) is 9.97 Å². The quantitative estimate of drug-likeness (QED) is 0.661. The van der Waals surface area contributed by atoms with Crippen LogP contribution in [0.2, 0.25) is 0 Å². The van der Waals surface area contributed by atoms with Crippen LogP contribution in [0.15, 0.2) is 24.3 Å². The number of imidazole rings is 1. The summed E-state index contributed by atoms with van der Waals surface area (Å²) in [6.07, 6.45) is 0. The average Bonchev–Trinajstić information content (AvgIpc) is 2.27. The molecule has 5 heteroatoms. The van der Waals surface area contributed by atoms with E-state index in [4.69, 9.17) is 12.2 Å². The van der Waals surface area contributed by atoms with Crippen molar-refractivity contribution >= 4 is 48.1 Å². The van der Waals surface area contributed by atoms with Crippen LogP contribution in [0, 0.1) is 4.77 Å². The van der Waals surface area contributed by atoms with Crippen molar-refractivity contribution in [3.8, 4) is 0 Å². The highest BCUT2D eigenvalue weighted by atomic mass is 35.5. The van der Waals surface area contributed by atoms with Gasteiger partial charge in [0.25, 0.3) is 0 Å². The summed E-state index contributed by atoms with van der Waals surface area (Å²) in [7, 11) is 0. The minimum absolute atomic E-state index is 0. The van der Waals surface area contributed by atoms with Gasteiger partial charge in [-0.2, -0.15) is 0 Å². The molecule has 1 aromatic carbocycles. The zero-order chi connectivity index (χ0) is 6.97. The molecule has 0 bridgehead atoms. The average molecular weight is 223 g/mol. The Morgan fingerprint density at radius 3 is 1.75 bits per heavy atom. The maximum absolute atomic E-state index is 4.90. The summed E-state index contributed by atoms with van der Waals surface area (Å²) in [6.45, 7) is 0. The minimum Gasteiger partial charge on any atom is -0.331 e. The van der Waals surface area contributed by atoms with Crippen LogP contribution in [0.4, 0.5) is 0 Å². The lowest BCUT2D eigenvalue weighted by Gasteiger charge is -1.82. The summed E-state index contributed by atoms with van der Waals surface area (Å²) in [6, 6.07) is 7.92. The molecule has 1 aromatic heterocycles. The number of nitrogens with one attached hydrogen (secondary N) is 2. The van der Waals surface area contributed by atoms with Gasteiger partial charge in [-0.3, -0.25) is 0 Å². The van der Waals surface area contributed by atoms with Crippen LogP contribution >= 0.6 is 37.0 Å². The molecule has 0 atom stereocenters. The van der Waals surface area contributed by atoms with Gasteiger partial charge in [0.15, 0.2) is 4.77 Å². The second-order valence-corrected chi connectivity index (χ2v) is 2.53. The number of para-hydroxylation sites is 2. The van der Waals surface area contributed by atoms with Gasteiger partial charge in [0.2, 0.25) is 0 Å². The molecule has 0 amide bonds. The van der Waals surface area contributed by atoms with Crippen molar-refractivity contribution < 1.29 is 0 Å². The van der Waals surface area contributed by atoms with E-state index in [1.54, 1.807) is 0 Å². The van der Waals surface area contributed by atoms with Crippen molar-refractivity contribution in [3.63, 3.8) is 0 Å². The highest BCUT2D eigenvalue weighted by Gasteiger charge is 1.90. The van der Waals surface area contributed by atoms with E-state index < -0.39 is 0 Å². The van der Waals surface area contributed by atoms with Gasteiger partial charge in [-0.15, -0.1) is 24.8 Å². The fraction of sp³-hybridized carbons (Fsp3) is 0. The van der Waals surface area contributed by atoms with Crippen LogP contribution in [0.1, 0.15) is 0 Å². The molecule has 0 saturated carbocycles. The highest BCUT2D eigenvalue weighted by Crippen LogP contribution is 2.06. The molecule has 1 heterocycles. The van der Waals surface area contributed by atoms with E-state index >= 15 is 0 Å². The molecule has 2 nitrogen and oxygen atoms in total. The standard InChI is InChI=1S/C7H6N2S.2ClH/c10-7-8-5-3-1-2-4-6(5)9-7;;/h1-4H,(H2,8,9,10);2*1H. The van der Waals surface area contributed by atoms with Crippen LogP contribution in [0.25, 0.3) is 11.0 Å². The van der Waals surface area contributed by atoms with Crippen molar-refractivity contribution in [2.45, 2.75) is 0 Å². The molecular formula is C7H8Cl2N2S. The first-order valence-electron chi connectivity index (χ1n) is 3.03. The van der Waals surface area contributed by atoms with E-state index in [0.29, 0.717) is 4.77 Å². The smallest absolute Gasteiger partial charge is 0.175 e. The fourth-order valence-electron chi connectivity index (χ4n) is 0.977. The zero-order valence-corrected chi connectivity index (χ0v) is 8.48. The lowest BCUT2D eigenvalue weighted by molar-refractivity contribution is 1.30. The first-order chi connectivity index (χ1) is 4.86. The van der Waals surface area contributed by atoms with Crippen molar-refractivity contribution in [3.05, 3.63) is 29.0 Å². The second kappa shape index (κ2) is 4.50. The van der Waals surface area contributed by atoms with Crippen LogP contribution in [0.5, 0.6) is 0 Å². The molecule has 2 aromatic rings. The largest absolute Gasteiger partial charge is 0.331 e. The first-order valence-corrected chi connectivity index (χ1v) is 3.44. The molecule has 0 unspecified atom stereocenters. The van der Waals surface area contributed by atoms with E-state index in [9.17, 15) is 0 Å². The third-order valence-electron chi connectivity index (χ3n) is 1.42. The van der Waals surface area contributed by atoms with E-state index in [2.05, 4.69) is 9.97 Å². The summed E-state index contributed by atoms with van der Waals surface area (Å²) < 4.78 is 0.682. The summed E-state index contributed by atoms with van der Waals surface area (Å²) in [5, 5.41) is 0. The van der Waals surface area contributed by atoms with E-state index in [1.165, 1.54) is 0 Å². The second-order valence-electron chi connectivity index (χ2n) is 2.12. The van der Waals surface area contributed by atoms with Gasteiger partial charge in [0, 0.05) is 0 Å². The number of benzene rings is 1. The van der Waals surface area contributed by atoms with Gasteiger partial charge in [0.05, 0.1) is 11.0 Å². The number of fused-ring (bicyclic) bond motifs is 1. The number of H-pyrrole nitrogens is 2. The van der Waals surface area contributed by atoms with Gasteiger partial charge in [-0.05, 0) is 24.4 Å². The summed E-state index contributed by atoms with van der Waals surface area (Å²) >= 11 is 4.90. The molecule has 0 aliphatic carbocycles. The van der Waals surface area contributed by atoms with Crippen molar-refractivity contribution in [2.24, 2.45) is 0 Å². The Morgan fingerprint density at radius 1 is 0.917 bits per heavy atom. The van der Waals surface area contributed by atoms with Gasteiger partial charge >= 0.3 is 0 Å². The molecule has 66 valence electrons. The molecular weight excluding hydrogens is 215 g/mol. The monoisotopic (exact) mass is 222 g/mol. The Hall–Kier alpha value is -0.510. The van der Waals surface area contributed by atoms with Gasteiger partial charge < -0.3 is 9.97 Å². The predicted octanol–water partition coefficient (Wildman–Crippen LogP) is 3.07. The predicted molar refractivity (Wildman–Crippen MR) is 58.0 cm³/mol. The fourth-order valence-corrected chi connectivity index (χ4v) is 1.20. The summed E-state index contributed by atoms with van der Waals surface area (Å²) in [4.78, 5) is 6.04. The number of hydrogen-bond donors (Lipinski definition) is 2. The highest BCUT2D eigenvalue weighted by molar-refractivity contribution is 7.71. The Labute approximate surface area is 87.2 Å². The Bertz CT molecular complexity index is 371. The SMILES string of the molecule is Cl.Cl.S=c1[nH]c2ccccc2[nH]1. The minimum atomic E-state index is 0. The van der Waals surface area contributed by atoms with E-state index in [-0.39, 0.29) is 24.8 Å². The number of halogens is 2. The molecule has 0 fully saturated rings. The third-order valence-corrected chi connectivity index (χ3v) is 1.63. The molecule has 0 radical (unpaired) electrons. The van der Waals surface area contributed by atoms with E-state index in [0.717, 1.165) is 11.0 Å². The molecule has 0 aliphatic heterocycles. The normalized spacial score (nSPS) is 8.67. The first kappa shape index (κ1) is 11.5. The molecule has 0 saturated heterocycles. The van der Waals surface area contributed by atoms with E-state index in [1.807, 2.05) is 24.3 Å². The molecule has 2 N–H and O–H groups in total. The van der Waals surface area contributed by atoms with Crippen LogP contribution in [-0.2, 0) is 0 Å². The van der Waals surface area contributed by atoms with Crippen LogP contribution in [0.3, 0.4) is 0 Å². The van der Waals surface area contributed by atoms with Crippen molar-refractivity contribution in [1.82, 2.24) is 9.97 Å². The van der Waals surface area contributed by atoms with Crippen molar-refractivity contribution in [1.29, 1.82) is 0 Å². The lowest BCUT2D eigenvalue weighted by Crippen LogP contribution is -1.63. The topological polar surface area (TPSA) is 31.6 Å². The number of rotatable bonds is 0. The number of aromatic amines is 2. The Kier molecular flexibility index (Phi) is 4.31. The number of aromatic nitrogens is 2. The van der Waals surface area contributed by atoms with Gasteiger partial charge in [-0.25, -0.2) is 0 Å². The number of hydrogen-bond acceptors (Lipinski definition) is 1. The lowest BCUT2D eigenvalue weighted by atomic mass is 10.3. The molecule has 12 heavy (non-hydrogen) atoms.